The predicted molar refractivity (Wildman–Crippen MR) is 46.6 cm³/mol. The van der Waals surface area contributed by atoms with Crippen molar-refractivity contribution in [2.24, 2.45) is 0 Å². The molecule has 82 valence electrons. The Morgan fingerprint density at radius 3 is 2.60 bits per heavy atom. The van der Waals surface area contributed by atoms with Crippen molar-refractivity contribution in [2.75, 3.05) is 0 Å². The third-order valence-electron chi connectivity index (χ3n) is 2.23. The quantitative estimate of drug-likeness (QED) is 0.490. The first kappa shape index (κ1) is 10.2. The fourth-order valence-corrected chi connectivity index (χ4v) is 1.43. The molecule has 4 atom stereocenters. The molecule has 1 saturated heterocycles. The van der Waals surface area contributed by atoms with Crippen LogP contribution in [0.25, 0.3) is 0 Å². The number of nitrogens with zero attached hydrogens (tertiary/aromatic N) is 2. The maximum absolute atomic E-state index is 11.3. The molecule has 1 aromatic heterocycles. The van der Waals surface area contributed by atoms with Crippen molar-refractivity contribution in [3.05, 3.63) is 28.9 Å². The molecule has 0 amide bonds. The number of aliphatic hydroxyl groups excluding tert-OH is 3. The highest BCUT2D eigenvalue weighted by Gasteiger charge is 2.43. The average Bonchev–Trinajstić information content (AvgIpc) is 2.47. The smallest absolute Gasteiger partial charge is 0.349 e. The monoisotopic (exact) mass is 214 g/mol. The van der Waals surface area contributed by atoms with Crippen LogP contribution in [0.2, 0.25) is 0 Å². The Kier molecular flexibility index (Phi) is 2.53. The first-order valence-electron chi connectivity index (χ1n) is 4.34. The highest BCUT2D eigenvalue weighted by Crippen LogP contribution is 2.26. The van der Waals surface area contributed by atoms with E-state index in [1.807, 2.05) is 0 Å². The molecule has 2 rings (SSSR count). The van der Waals surface area contributed by atoms with Crippen LogP contribution in [0.15, 0.2) is 23.3 Å². The van der Waals surface area contributed by atoms with E-state index in [1.54, 1.807) is 0 Å². The van der Waals surface area contributed by atoms with Gasteiger partial charge >= 0.3 is 5.69 Å². The molecular formula is C8H10N2O5. The Balaban J connectivity index is 2.34. The molecule has 1 aliphatic rings. The third kappa shape index (κ3) is 1.65. The highest BCUT2D eigenvalue weighted by atomic mass is 16.7. The number of hydrogen-bond donors (Lipinski definition) is 3. The average molecular weight is 214 g/mol. The summed E-state index contributed by atoms with van der Waals surface area (Å²) in [4.78, 5) is 14.7. The molecule has 1 fully saturated rings. The molecule has 4 unspecified atom stereocenters. The number of ether oxygens (including phenoxy) is 1. The summed E-state index contributed by atoms with van der Waals surface area (Å²) in [5.74, 6) is 0. The number of hydrogen-bond acceptors (Lipinski definition) is 6. The fraction of sp³-hybridized carbons (Fsp3) is 0.500. The summed E-state index contributed by atoms with van der Waals surface area (Å²) in [5.41, 5.74) is -0.622. The van der Waals surface area contributed by atoms with E-state index in [0.717, 1.165) is 4.57 Å². The van der Waals surface area contributed by atoms with E-state index in [1.165, 1.54) is 18.5 Å². The molecular weight excluding hydrogens is 204 g/mol. The molecule has 7 heteroatoms. The van der Waals surface area contributed by atoms with Gasteiger partial charge in [-0.15, -0.1) is 0 Å². The summed E-state index contributed by atoms with van der Waals surface area (Å²) < 4.78 is 5.84. The Hall–Kier alpha value is -1.28. The van der Waals surface area contributed by atoms with Crippen molar-refractivity contribution >= 4 is 0 Å². The van der Waals surface area contributed by atoms with Gasteiger partial charge in [0.1, 0.15) is 12.2 Å². The molecule has 1 aromatic rings. The van der Waals surface area contributed by atoms with E-state index >= 15 is 0 Å². The van der Waals surface area contributed by atoms with E-state index < -0.39 is 30.4 Å². The van der Waals surface area contributed by atoms with Gasteiger partial charge in [-0.1, -0.05) is 0 Å². The van der Waals surface area contributed by atoms with Crippen LogP contribution in [0.4, 0.5) is 0 Å². The first-order valence-corrected chi connectivity index (χ1v) is 4.34. The number of aromatic nitrogens is 2. The minimum Gasteiger partial charge on any atom is -0.385 e. The largest absolute Gasteiger partial charge is 0.385 e. The third-order valence-corrected chi connectivity index (χ3v) is 2.23. The second kappa shape index (κ2) is 3.70. The molecule has 0 spiro atoms. The topological polar surface area (TPSA) is 105 Å². The molecule has 0 aromatic carbocycles. The van der Waals surface area contributed by atoms with Crippen molar-refractivity contribution in [3.63, 3.8) is 0 Å². The van der Waals surface area contributed by atoms with E-state index in [-0.39, 0.29) is 0 Å². The molecule has 0 bridgehead atoms. The van der Waals surface area contributed by atoms with E-state index in [2.05, 4.69) is 4.98 Å². The Morgan fingerprint density at radius 1 is 1.33 bits per heavy atom. The molecule has 15 heavy (non-hydrogen) atoms. The summed E-state index contributed by atoms with van der Waals surface area (Å²) in [7, 11) is 0. The predicted octanol–water partition coefficient (Wildman–Crippen LogP) is -2.19. The Morgan fingerprint density at radius 2 is 2.07 bits per heavy atom. The van der Waals surface area contributed by atoms with Crippen LogP contribution in [0.5, 0.6) is 0 Å². The van der Waals surface area contributed by atoms with Crippen molar-refractivity contribution < 1.29 is 20.1 Å². The van der Waals surface area contributed by atoms with Crippen LogP contribution in [0, 0.1) is 0 Å². The van der Waals surface area contributed by atoms with Gasteiger partial charge in [0.2, 0.25) is 0 Å². The minimum absolute atomic E-state index is 0.622. The highest BCUT2D eigenvalue weighted by molar-refractivity contribution is 4.89. The fourth-order valence-electron chi connectivity index (χ4n) is 1.43. The maximum atomic E-state index is 11.3. The summed E-state index contributed by atoms with van der Waals surface area (Å²) in [6, 6.07) is 1.48. The van der Waals surface area contributed by atoms with Gasteiger partial charge in [-0.2, -0.15) is 0 Å². The van der Waals surface area contributed by atoms with Gasteiger partial charge in [0.25, 0.3) is 0 Å². The molecule has 0 radical (unpaired) electrons. The lowest BCUT2D eigenvalue weighted by Crippen LogP contribution is -2.35. The van der Waals surface area contributed by atoms with Crippen LogP contribution >= 0.6 is 0 Å². The summed E-state index contributed by atoms with van der Waals surface area (Å²) >= 11 is 0. The lowest BCUT2D eigenvalue weighted by Gasteiger charge is -2.15. The van der Waals surface area contributed by atoms with Crippen LogP contribution in [-0.2, 0) is 4.74 Å². The van der Waals surface area contributed by atoms with Gasteiger partial charge in [-0.05, 0) is 6.07 Å². The van der Waals surface area contributed by atoms with Gasteiger partial charge in [-0.25, -0.2) is 9.78 Å². The number of aliphatic hydroxyl groups is 3. The molecule has 1 aliphatic heterocycles. The lowest BCUT2D eigenvalue weighted by atomic mass is 10.2. The van der Waals surface area contributed by atoms with Gasteiger partial charge in [-0.3, -0.25) is 4.57 Å². The van der Waals surface area contributed by atoms with E-state index in [0.29, 0.717) is 0 Å². The van der Waals surface area contributed by atoms with Crippen LogP contribution in [0.1, 0.15) is 6.23 Å². The maximum Gasteiger partial charge on any atom is 0.349 e. The van der Waals surface area contributed by atoms with Crippen molar-refractivity contribution in [2.45, 2.75) is 24.7 Å². The zero-order valence-electron chi connectivity index (χ0n) is 7.59. The normalized spacial score (nSPS) is 35.7. The van der Waals surface area contributed by atoms with Gasteiger partial charge in [0.15, 0.2) is 12.5 Å². The second-order valence-corrected chi connectivity index (χ2v) is 3.21. The van der Waals surface area contributed by atoms with Crippen molar-refractivity contribution in [1.82, 2.24) is 9.55 Å². The lowest BCUT2D eigenvalue weighted by molar-refractivity contribution is -0.142. The Bertz CT molecular complexity index is 406. The van der Waals surface area contributed by atoms with Crippen LogP contribution in [-0.4, -0.2) is 43.4 Å². The number of rotatable bonds is 1. The zero-order valence-corrected chi connectivity index (χ0v) is 7.59. The molecule has 0 aliphatic carbocycles. The Labute approximate surface area is 84.2 Å². The van der Waals surface area contributed by atoms with Gasteiger partial charge in [0.05, 0.1) is 0 Å². The van der Waals surface area contributed by atoms with Gasteiger partial charge < -0.3 is 20.1 Å². The molecule has 0 saturated carbocycles. The second-order valence-electron chi connectivity index (χ2n) is 3.21. The van der Waals surface area contributed by atoms with Crippen LogP contribution in [0.3, 0.4) is 0 Å². The summed E-state index contributed by atoms with van der Waals surface area (Å²) in [6.07, 6.45) is -2.75. The van der Waals surface area contributed by atoms with Gasteiger partial charge in [0, 0.05) is 12.4 Å². The molecule has 7 nitrogen and oxygen atoms in total. The first-order chi connectivity index (χ1) is 7.11. The summed E-state index contributed by atoms with van der Waals surface area (Å²) in [6.45, 7) is 0. The van der Waals surface area contributed by atoms with E-state index in [9.17, 15) is 15.0 Å². The summed E-state index contributed by atoms with van der Waals surface area (Å²) in [5, 5.41) is 27.8. The standard InChI is InChI=1S/C8H10N2O5/c11-4-5(12)7(13)15-6(4)10-3-1-2-9-8(10)14/h1-7,11-13H. The van der Waals surface area contributed by atoms with Crippen molar-refractivity contribution in [3.8, 4) is 0 Å². The van der Waals surface area contributed by atoms with Crippen molar-refractivity contribution in [1.29, 1.82) is 0 Å². The zero-order chi connectivity index (χ0) is 11.0. The SMILES string of the molecule is O=c1ncccn1C1OC(O)C(O)C1O. The van der Waals surface area contributed by atoms with E-state index in [4.69, 9.17) is 9.84 Å². The minimum atomic E-state index is -1.50. The van der Waals surface area contributed by atoms with Crippen LogP contribution < -0.4 is 5.69 Å². The molecule has 3 N–H and O–H groups in total. The molecule has 2 heterocycles.